The highest BCUT2D eigenvalue weighted by atomic mass is 31.2. The van der Waals surface area contributed by atoms with Crippen molar-refractivity contribution in [2.24, 2.45) is 0 Å². The zero-order valence-corrected chi connectivity index (χ0v) is 14.7. The Morgan fingerprint density at radius 2 is 1.87 bits per heavy atom. The van der Waals surface area contributed by atoms with E-state index in [0.717, 1.165) is 0 Å². The Kier molecular flexibility index (Phi) is 11.0. The van der Waals surface area contributed by atoms with E-state index in [4.69, 9.17) is 14.0 Å². The maximum atomic E-state index is 11.6. The van der Waals surface area contributed by atoms with Crippen molar-refractivity contribution in [1.29, 1.82) is 0 Å². The van der Waals surface area contributed by atoms with Gasteiger partial charge in [-0.25, -0.2) is 4.57 Å². The van der Waals surface area contributed by atoms with Crippen LogP contribution in [-0.4, -0.2) is 82.4 Å². The Labute approximate surface area is 135 Å². The largest absolute Gasteiger partial charge is 0.472 e. The molecule has 2 amide bonds. The van der Waals surface area contributed by atoms with Crippen LogP contribution in [0.5, 0.6) is 0 Å². The van der Waals surface area contributed by atoms with Crippen molar-refractivity contribution in [3.63, 3.8) is 0 Å². The van der Waals surface area contributed by atoms with Crippen LogP contribution < -0.4 is 5.32 Å². The summed E-state index contributed by atoms with van der Waals surface area (Å²) >= 11 is 0. The molecule has 10 nitrogen and oxygen atoms in total. The van der Waals surface area contributed by atoms with Crippen LogP contribution in [0.3, 0.4) is 0 Å². The lowest BCUT2D eigenvalue weighted by Crippen LogP contribution is -2.33. The number of methoxy groups -OCH3 is 2. The summed E-state index contributed by atoms with van der Waals surface area (Å²) in [5.74, 6) is -0.844. The number of nitrogens with zero attached hydrogens (tertiary/aromatic N) is 1. The standard InChI is InChI=1S/C12H25N2O8P/c1-14(2)12(16)7-11(15)13-5-6-21-23(17,18)22-9-10(20-4)8-19-3/h10H,5-9H2,1-4H3,(H,13,15)(H,17,18). The number of nitrogens with one attached hydrogen (secondary N) is 1. The molecule has 0 aromatic carbocycles. The van der Waals surface area contributed by atoms with Crippen molar-refractivity contribution in [3.05, 3.63) is 0 Å². The molecule has 0 fully saturated rings. The minimum Gasteiger partial charge on any atom is -0.382 e. The SMILES string of the molecule is COCC(COP(=O)(O)OCCNC(=O)CC(=O)N(C)C)OC. The van der Waals surface area contributed by atoms with Gasteiger partial charge in [0, 0.05) is 34.9 Å². The van der Waals surface area contributed by atoms with Crippen molar-refractivity contribution in [2.75, 3.05) is 54.7 Å². The van der Waals surface area contributed by atoms with Gasteiger partial charge in [-0.15, -0.1) is 0 Å². The van der Waals surface area contributed by atoms with E-state index in [0.29, 0.717) is 0 Å². The zero-order chi connectivity index (χ0) is 17.9. The zero-order valence-electron chi connectivity index (χ0n) is 13.8. The molecular weight excluding hydrogens is 331 g/mol. The summed E-state index contributed by atoms with van der Waals surface area (Å²) in [4.78, 5) is 33.4. The smallest absolute Gasteiger partial charge is 0.382 e. The summed E-state index contributed by atoms with van der Waals surface area (Å²) < 4.78 is 30.8. The van der Waals surface area contributed by atoms with Crippen molar-refractivity contribution in [3.8, 4) is 0 Å². The van der Waals surface area contributed by atoms with Crippen molar-refractivity contribution in [1.82, 2.24) is 10.2 Å². The Bertz CT molecular complexity index is 418. The van der Waals surface area contributed by atoms with Crippen LogP contribution in [0, 0.1) is 0 Å². The Morgan fingerprint density at radius 1 is 1.22 bits per heavy atom. The van der Waals surface area contributed by atoms with Gasteiger partial charge in [-0.1, -0.05) is 0 Å². The maximum Gasteiger partial charge on any atom is 0.472 e. The predicted octanol–water partition coefficient (Wildman–Crippen LogP) is -0.624. The first-order valence-corrected chi connectivity index (χ1v) is 8.31. The van der Waals surface area contributed by atoms with Crippen LogP contribution in [0.25, 0.3) is 0 Å². The van der Waals surface area contributed by atoms with Gasteiger partial charge in [0.05, 0.1) is 19.8 Å². The van der Waals surface area contributed by atoms with Crippen LogP contribution in [0.15, 0.2) is 0 Å². The Hall–Kier alpha value is -1.03. The van der Waals surface area contributed by atoms with Gasteiger partial charge in [-0.3, -0.25) is 18.6 Å². The molecule has 0 aliphatic heterocycles. The van der Waals surface area contributed by atoms with E-state index in [1.165, 1.54) is 33.2 Å². The molecule has 0 aliphatic carbocycles. The second-order valence-electron chi connectivity index (χ2n) is 4.73. The number of hydrogen-bond donors (Lipinski definition) is 2. The maximum absolute atomic E-state index is 11.6. The molecule has 23 heavy (non-hydrogen) atoms. The first kappa shape index (κ1) is 22.0. The fourth-order valence-corrected chi connectivity index (χ4v) is 2.05. The number of ether oxygens (including phenoxy) is 2. The van der Waals surface area contributed by atoms with Gasteiger partial charge in [-0.05, 0) is 0 Å². The quantitative estimate of drug-likeness (QED) is 0.269. The van der Waals surface area contributed by atoms with Crippen LogP contribution >= 0.6 is 7.82 Å². The molecule has 0 saturated heterocycles. The van der Waals surface area contributed by atoms with Gasteiger partial charge in [0.2, 0.25) is 11.8 Å². The number of rotatable bonds is 12. The molecule has 0 heterocycles. The number of hydrogen-bond acceptors (Lipinski definition) is 7. The van der Waals surface area contributed by atoms with Crippen LogP contribution in [-0.2, 0) is 32.7 Å². The van der Waals surface area contributed by atoms with E-state index in [-0.39, 0.29) is 38.7 Å². The lowest BCUT2D eigenvalue weighted by molar-refractivity contribution is -0.134. The summed E-state index contributed by atoms with van der Waals surface area (Å²) in [6.45, 7) is -0.245. The third-order valence-corrected chi connectivity index (χ3v) is 3.58. The highest BCUT2D eigenvalue weighted by Crippen LogP contribution is 2.42. The minimum atomic E-state index is -4.25. The molecule has 0 rings (SSSR count). The van der Waals surface area contributed by atoms with E-state index in [2.05, 4.69) is 9.84 Å². The first-order chi connectivity index (χ1) is 10.7. The molecule has 136 valence electrons. The average Bonchev–Trinajstić information content (AvgIpc) is 2.47. The van der Waals surface area contributed by atoms with E-state index in [9.17, 15) is 19.0 Å². The van der Waals surface area contributed by atoms with Crippen LogP contribution in [0.1, 0.15) is 6.42 Å². The number of carbonyl (C=O) groups is 2. The molecular formula is C12H25N2O8P. The number of amides is 2. The molecule has 11 heteroatoms. The van der Waals surface area contributed by atoms with Crippen LogP contribution in [0.4, 0.5) is 0 Å². The molecule has 2 unspecified atom stereocenters. The molecule has 0 bridgehead atoms. The second-order valence-corrected chi connectivity index (χ2v) is 6.18. The number of carbonyl (C=O) groups excluding carboxylic acids is 2. The average molecular weight is 356 g/mol. The fourth-order valence-electron chi connectivity index (χ4n) is 1.29. The first-order valence-electron chi connectivity index (χ1n) is 6.82. The van der Waals surface area contributed by atoms with E-state index in [1.54, 1.807) is 0 Å². The lowest BCUT2D eigenvalue weighted by Gasteiger charge is -2.17. The highest BCUT2D eigenvalue weighted by molar-refractivity contribution is 7.47. The fraction of sp³-hybridized carbons (Fsp3) is 0.833. The normalized spacial score (nSPS) is 14.8. The van der Waals surface area contributed by atoms with Gasteiger partial charge in [-0.2, -0.15) is 0 Å². The third-order valence-electron chi connectivity index (χ3n) is 2.60. The predicted molar refractivity (Wildman–Crippen MR) is 80.7 cm³/mol. The van der Waals surface area contributed by atoms with E-state index >= 15 is 0 Å². The monoisotopic (exact) mass is 356 g/mol. The van der Waals surface area contributed by atoms with Gasteiger partial charge >= 0.3 is 7.82 Å². The Morgan fingerprint density at radius 3 is 2.39 bits per heavy atom. The van der Waals surface area contributed by atoms with Gasteiger partial charge in [0.15, 0.2) is 0 Å². The van der Waals surface area contributed by atoms with E-state index < -0.39 is 19.8 Å². The molecule has 0 aromatic rings. The number of phosphoric acid groups is 1. The summed E-state index contributed by atoms with van der Waals surface area (Å²) in [6.07, 6.45) is -0.798. The van der Waals surface area contributed by atoms with Gasteiger partial charge < -0.3 is 24.6 Å². The van der Waals surface area contributed by atoms with Gasteiger partial charge in [0.1, 0.15) is 12.5 Å². The molecule has 2 atom stereocenters. The summed E-state index contributed by atoms with van der Waals surface area (Å²) in [7, 11) is 1.71. The number of phosphoric ester groups is 1. The molecule has 0 aromatic heterocycles. The van der Waals surface area contributed by atoms with E-state index in [1.807, 2.05) is 0 Å². The van der Waals surface area contributed by atoms with Crippen molar-refractivity contribution >= 4 is 19.6 Å². The second kappa shape index (κ2) is 11.5. The molecule has 0 saturated carbocycles. The molecule has 0 radical (unpaired) electrons. The van der Waals surface area contributed by atoms with Crippen molar-refractivity contribution < 1.29 is 37.6 Å². The highest BCUT2D eigenvalue weighted by Gasteiger charge is 2.23. The summed E-state index contributed by atoms with van der Waals surface area (Å²) in [6, 6.07) is 0. The topological polar surface area (TPSA) is 124 Å². The van der Waals surface area contributed by atoms with Gasteiger partial charge in [0.25, 0.3) is 0 Å². The van der Waals surface area contributed by atoms with Crippen LogP contribution in [0.2, 0.25) is 0 Å². The molecule has 0 aliphatic rings. The third kappa shape index (κ3) is 11.2. The molecule has 0 spiro atoms. The van der Waals surface area contributed by atoms with Crippen molar-refractivity contribution in [2.45, 2.75) is 12.5 Å². The Balaban J connectivity index is 3.95. The minimum absolute atomic E-state index is 0.0285. The summed E-state index contributed by atoms with van der Waals surface area (Å²) in [5, 5.41) is 2.39. The summed E-state index contributed by atoms with van der Waals surface area (Å²) in [5.41, 5.74) is 0. The lowest BCUT2D eigenvalue weighted by atomic mass is 10.3. The molecule has 2 N–H and O–H groups in total.